The van der Waals surface area contributed by atoms with Crippen molar-refractivity contribution >= 4 is 22.8 Å². The number of hydrogen-bond donors (Lipinski definition) is 1. The molecule has 0 saturated carbocycles. The van der Waals surface area contributed by atoms with Gasteiger partial charge in [-0.05, 0) is 46.2 Å². The summed E-state index contributed by atoms with van der Waals surface area (Å²) in [4.78, 5) is 39.2. The van der Waals surface area contributed by atoms with Crippen molar-refractivity contribution in [1.29, 1.82) is 0 Å². The maximum absolute atomic E-state index is 12.8. The number of nitrogens with one attached hydrogen (secondary N) is 1. The third kappa shape index (κ3) is 4.99. The summed E-state index contributed by atoms with van der Waals surface area (Å²) in [6.07, 6.45) is 0.829. The molecule has 0 radical (unpaired) electrons. The Bertz CT molecular complexity index is 873. The molecule has 7 nitrogen and oxygen atoms in total. The fourth-order valence-electron chi connectivity index (χ4n) is 3.11. The average molecular weight is 374 g/mol. The number of carbonyl (C=O) groups excluding carboxylic acids is 2. The van der Waals surface area contributed by atoms with Crippen molar-refractivity contribution in [2.75, 3.05) is 13.1 Å². The van der Waals surface area contributed by atoms with Crippen molar-refractivity contribution < 1.29 is 9.59 Å². The van der Waals surface area contributed by atoms with Crippen molar-refractivity contribution in [3.63, 3.8) is 0 Å². The van der Waals surface area contributed by atoms with E-state index in [1.54, 1.807) is 4.57 Å². The fraction of sp³-hybridized carbons (Fsp3) is 0.550. The van der Waals surface area contributed by atoms with Crippen LogP contribution in [0.3, 0.4) is 0 Å². The Kier molecular flexibility index (Phi) is 6.46. The summed E-state index contributed by atoms with van der Waals surface area (Å²) in [5.41, 5.74) is 1.01. The van der Waals surface area contributed by atoms with Crippen LogP contribution < -0.4 is 11.0 Å². The van der Waals surface area contributed by atoms with Crippen LogP contribution in [0.4, 0.5) is 0 Å². The minimum atomic E-state index is -0.357. The average Bonchev–Trinajstić information content (AvgIpc) is 2.84. The molecule has 2 amide bonds. The van der Waals surface area contributed by atoms with Crippen LogP contribution in [0.1, 0.15) is 41.0 Å². The predicted molar refractivity (Wildman–Crippen MR) is 107 cm³/mol. The lowest BCUT2D eigenvalue weighted by Crippen LogP contribution is -2.48. The number of nitrogens with zero attached hydrogens (tertiary/aromatic N) is 3. The summed E-state index contributed by atoms with van der Waals surface area (Å²) in [6, 6.07) is 7.48. The highest BCUT2D eigenvalue weighted by Crippen LogP contribution is 2.13. The number of benzene rings is 1. The van der Waals surface area contributed by atoms with E-state index in [4.69, 9.17) is 0 Å². The highest BCUT2D eigenvalue weighted by molar-refractivity contribution is 5.86. The monoisotopic (exact) mass is 374 g/mol. The maximum Gasteiger partial charge on any atom is 0.329 e. The number of aromatic nitrogens is 2. The van der Waals surface area contributed by atoms with Gasteiger partial charge in [-0.2, -0.15) is 0 Å². The van der Waals surface area contributed by atoms with Gasteiger partial charge in [0.25, 0.3) is 0 Å². The Morgan fingerprint density at radius 3 is 2.19 bits per heavy atom. The second-order valence-corrected chi connectivity index (χ2v) is 7.72. The predicted octanol–water partition coefficient (Wildman–Crippen LogP) is 1.98. The molecule has 0 spiro atoms. The molecule has 7 heteroatoms. The largest absolute Gasteiger partial charge is 0.350 e. The number of carbonyl (C=O) groups is 2. The molecule has 1 aromatic heterocycles. The van der Waals surface area contributed by atoms with Crippen LogP contribution in [-0.4, -0.2) is 44.5 Å². The van der Waals surface area contributed by atoms with Crippen LogP contribution in [-0.2, 0) is 22.7 Å². The van der Waals surface area contributed by atoms with Crippen LogP contribution in [0.15, 0.2) is 29.1 Å². The summed E-state index contributed by atoms with van der Waals surface area (Å²) in [5, 5.41) is 2.86. The highest BCUT2D eigenvalue weighted by Gasteiger charge is 2.21. The summed E-state index contributed by atoms with van der Waals surface area (Å²) in [6.45, 7) is 10.4. The van der Waals surface area contributed by atoms with Gasteiger partial charge in [-0.1, -0.05) is 19.1 Å². The molecule has 0 aliphatic carbocycles. The summed E-state index contributed by atoms with van der Waals surface area (Å²) < 4.78 is 3.20. The van der Waals surface area contributed by atoms with E-state index in [-0.39, 0.29) is 36.1 Å². The van der Waals surface area contributed by atoms with Crippen molar-refractivity contribution in [2.24, 2.45) is 0 Å². The maximum atomic E-state index is 12.8. The van der Waals surface area contributed by atoms with Gasteiger partial charge in [0.2, 0.25) is 11.8 Å². The first-order chi connectivity index (χ1) is 12.7. The quantitative estimate of drug-likeness (QED) is 0.805. The van der Waals surface area contributed by atoms with Gasteiger partial charge in [0, 0.05) is 18.6 Å². The SMILES string of the molecule is CCCn1c(=O)n(CC(=O)N(CC)CC(=O)NC(C)(C)C)c2ccccc21. The number of hydrogen-bond acceptors (Lipinski definition) is 3. The van der Waals surface area contributed by atoms with E-state index in [0.29, 0.717) is 13.1 Å². The van der Waals surface area contributed by atoms with Gasteiger partial charge in [0.15, 0.2) is 0 Å². The Morgan fingerprint density at radius 2 is 1.67 bits per heavy atom. The number of fused-ring (bicyclic) bond motifs is 1. The summed E-state index contributed by atoms with van der Waals surface area (Å²) in [7, 11) is 0. The third-order valence-corrected chi connectivity index (χ3v) is 4.25. The molecule has 0 saturated heterocycles. The van der Waals surface area contributed by atoms with Crippen LogP contribution >= 0.6 is 0 Å². The molecular formula is C20H30N4O3. The van der Waals surface area contributed by atoms with E-state index in [9.17, 15) is 14.4 Å². The van der Waals surface area contributed by atoms with E-state index in [1.807, 2.05) is 58.9 Å². The van der Waals surface area contributed by atoms with Gasteiger partial charge >= 0.3 is 5.69 Å². The molecule has 2 rings (SSSR count). The van der Waals surface area contributed by atoms with E-state index in [0.717, 1.165) is 17.5 Å². The number of rotatable bonds is 7. The van der Waals surface area contributed by atoms with Gasteiger partial charge in [0.1, 0.15) is 6.54 Å². The number of amides is 2. The van der Waals surface area contributed by atoms with E-state index >= 15 is 0 Å². The molecule has 1 heterocycles. The molecule has 0 atom stereocenters. The molecule has 1 aromatic carbocycles. The zero-order chi connectivity index (χ0) is 20.2. The van der Waals surface area contributed by atoms with Crippen molar-refractivity contribution in [3.05, 3.63) is 34.7 Å². The highest BCUT2D eigenvalue weighted by atomic mass is 16.2. The van der Waals surface area contributed by atoms with Gasteiger partial charge in [-0.15, -0.1) is 0 Å². The molecule has 148 valence electrons. The number of para-hydroxylation sites is 2. The zero-order valence-electron chi connectivity index (χ0n) is 16.9. The van der Waals surface area contributed by atoms with Gasteiger partial charge in [-0.3, -0.25) is 18.7 Å². The first kappa shape index (κ1) is 20.7. The molecular weight excluding hydrogens is 344 g/mol. The Labute approximate surface area is 160 Å². The normalized spacial score (nSPS) is 11.6. The second kappa shape index (κ2) is 8.41. The molecule has 2 aromatic rings. The lowest BCUT2D eigenvalue weighted by atomic mass is 10.1. The van der Waals surface area contributed by atoms with Crippen LogP contribution in [0.5, 0.6) is 0 Å². The molecule has 0 bridgehead atoms. The van der Waals surface area contributed by atoms with E-state index < -0.39 is 0 Å². The first-order valence-electron chi connectivity index (χ1n) is 9.44. The molecule has 0 unspecified atom stereocenters. The fourth-order valence-corrected chi connectivity index (χ4v) is 3.11. The van der Waals surface area contributed by atoms with Gasteiger partial charge < -0.3 is 10.2 Å². The minimum absolute atomic E-state index is 0.0189. The second-order valence-electron chi connectivity index (χ2n) is 7.72. The van der Waals surface area contributed by atoms with Crippen LogP contribution in [0, 0.1) is 0 Å². The van der Waals surface area contributed by atoms with Crippen LogP contribution in [0.25, 0.3) is 11.0 Å². The molecule has 0 fully saturated rings. The lowest BCUT2D eigenvalue weighted by Gasteiger charge is -2.25. The van der Waals surface area contributed by atoms with Crippen molar-refractivity contribution in [3.8, 4) is 0 Å². The van der Waals surface area contributed by atoms with Gasteiger partial charge in [-0.25, -0.2) is 4.79 Å². The molecule has 27 heavy (non-hydrogen) atoms. The summed E-state index contributed by atoms with van der Waals surface area (Å²) in [5.74, 6) is -0.457. The molecule has 1 N–H and O–H groups in total. The Morgan fingerprint density at radius 1 is 1.07 bits per heavy atom. The smallest absolute Gasteiger partial charge is 0.329 e. The number of imidazole rings is 1. The standard InChI is InChI=1S/C20H30N4O3/c1-6-12-23-15-10-8-9-11-16(15)24(19(23)27)14-18(26)22(7-2)13-17(25)21-20(3,4)5/h8-11H,6-7,12-14H2,1-5H3,(H,21,25). The van der Waals surface area contributed by atoms with Gasteiger partial charge in [0.05, 0.1) is 17.6 Å². The third-order valence-electron chi connectivity index (χ3n) is 4.25. The molecule has 0 aliphatic heterocycles. The topological polar surface area (TPSA) is 76.3 Å². The lowest BCUT2D eigenvalue weighted by molar-refractivity contribution is -0.136. The number of aryl methyl sites for hydroxylation is 1. The number of likely N-dealkylation sites (N-methyl/N-ethyl adjacent to an activating group) is 1. The van der Waals surface area contributed by atoms with E-state index in [2.05, 4.69) is 5.32 Å². The zero-order valence-corrected chi connectivity index (χ0v) is 16.9. The summed E-state index contributed by atoms with van der Waals surface area (Å²) >= 11 is 0. The molecule has 0 aliphatic rings. The Hall–Kier alpha value is -2.57. The minimum Gasteiger partial charge on any atom is -0.350 e. The van der Waals surface area contributed by atoms with Crippen molar-refractivity contribution in [1.82, 2.24) is 19.4 Å². The van der Waals surface area contributed by atoms with E-state index in [1.165, 1.54) is 9.47 Å². The Balaban J connectivity index is 2.25. The first-order valence-corrected chi connectivity index (χ1v) is 9.44. The van der Waals surface area contributed by atoms with Crippen LogP contribution in [0.2, 0.25) is 0 Å². The van der Waals surface area contributed by atoms with Crippen molar-refractivity contribution in [2.45, 2.75) is 59.7 Å².